The zero-order valence-corrected chi connectivity index (χ0v) is 17.0. The molecule has 1 unspecified atom stereocenters. The molecule has 1 atom stereocenters. The number of benzene rings is 1. The normalized spacial score (nSPS) is 15.9. The molecule has 1 aliphatic rings. The van der Waals surface area contributed by atoms with E-state index < -0.39 is 23.1 Å². The minimum Gasteiger partial charge on any atom is -0.350 e. The van der Waals surface area contributed by atoms with Crippen LogP contribution in [0.5, 0.6) is 0 Å². The maximum absolute atomic E-state index is 13.0. The molecule has 2 heterocycles. The average Bonchev–Trinajstić information content (AvgIpc) is 3.18. The highest BCUT2D eigenvalue weighted by Crippen LogP contribution is 2.30. The smallest absolute Gasteiger partial charge is 0.350 e. The summed E-state index contributed by atoms with van der Waals surface area (Å²) in [6.07, 6.45) is -2.14. The zero-order chi connectivity index (χ0) is 21.9. The molecular weight excluding hydrogens is 397 g/mol. The third-order valence-electron chi connectivity index (χ3n) is 5.12. The summed E-state index contributed by atoms with van der Waals surface area (Å²) >= 11 is 0. The molecule has 1 aliphatic heterocycles. The molecule has 1 amide bonds. The first-order chi connectivity index (χ1) is 14.1. The Morgan fingerprint density at radius 2 is 1.93 bits per heavy atom. The van der Waals surface area contributed by atoms with Gasteiger partial charge in [-0.3, -0.25) is 9.59 Å². The van der Waals surface area contributed by atoms with Crippen LogP contribution in [0.4, 0.5) is 13.2 Å². The molecule has 9 heteroatoms. The zero-order valence-electron chi connectivity index (χ0n) is 17.0. The van der Waals surface area contributed by atoms with Crippen molar-refractivity contribution in [1.29, 1.82) is 0 Å². The van der Waals surface area contributed by atoms with Crippen LogP contribution in [0, 0.1) is 12.8 Å². The van der Waals surface area contributed by atoms with Crippen molar-refractivity contribution in [3.63, 3.8) is 0 Å². The van der Waals surface area contributed by atoms with E-state index in [0.717, 1.165) is 31.8 Å². The highest BCUT2D eigenvalue weighted by Gasteiger charge is 2.30. The van der Waals surface area contributed by atoms with Crippen LogP contribution in [0.3, 0.4) is 0 Å². The van der Waals surface area contributed by atoms with E-state index in [0.29, 0.717) is 12.2 Å². The summed E-state index contributed by atoms with van der Waals surface area (Å²) in [6.45, 7) is 6.92. The van der Waals surface area contributed by atoms with Gasteiger partial charge in [0.05, 0.1) is 11.3 Å². The van der Waals surface area contributed by atoms with Gasteiger partial charge in [0, 0.05) is 24.8 Å². The van der Waals surface area contributed by atoms with Crippen molar-refractivity contribution in [2.45, 2.75) is 32.9 Å². The number of aryl methyl sites for hydroxylation is 1. The Morgan fingerprint density at radius 3 is 2.60 bits per heavy atom. The number of aromatic nitrogens is 2. The number of likely N-dealkylation sites (tertiary alicyclic amines) is 1. The first-order valence-corrected chi connectivity index (χ1v) is 9.94. The van der Waals surface area contributed by atoms with Gasteiger partial charge in [0.1, 0.15) is 0 Å². The largest absolute Gasteiger partial charge is 0.416 e. The van der Waals surface area contributed by atoms with Crippen LogP contribution < -0.4 is 10.7 Å². The Hall–Kier alpha value is -2.68. The Morgan fingerprint density at radius 1 is 1.23 bits per heavy atom. The van der Waals surface area contributed by atoms with Crippen molar-refractivity contribution in [2.24, 2.45) is 5.92 Å². The molecule has 1 fully saturated rings. The summed E-state index contributed by atoms with van der Waals surface area (Å²) in [5, 5.41) is 6.79. The van der Waals surface area contributed by atoms with Crippen LogP contribution in [-0.4, -0.2) is 46.8 Å². The van der Waals surface area contributed by atoms with Crippen molar-refractivity contribution in [2.75, 3.05) is 26.2 Å². The van der Waals surface area contributed by atoms with Crippen LogP contribution in [0.25, 0.3) is 5.69 Å². The van der Waals surface area contributed by atoms with Gasteiger partial charge in [0.2, 0.25) is 5.43 Å². The van der Waals surface area contributed by atoms with Crippen LogP contribution in [0.15, 0.2) is 35.1 Å². The van der Waals surface area contributed by atoms with E-state index >= 15 is 0 Å². The van der Waals surface area contributed by atoms with Crippen LogP contribution >= 0.6 is 0 Å². The van der Waals surface area contributed by atoms with E-state index in [1.54, 1.807) is 6.92 Å². The maximum atomic E-state index is 13.0. The third-order valence-corrected chi connectivity index (χ3v) is 5.12. The lowest BCUT2D eigenvalue weighted by Crippen LogP contribution is -2.37. The minimum absolute atomic E-state index is 0.124. The molecule has 0 aliphatic carbocycles. The molecule has 1 N–H and O–H groups in total. The molecule has 1 aromatic heterocycles. The fourth-order valence-corrected chi connectivity index (χ4v) is 3.60. The van der Waals surface area contributed by atoms with Gasteiger partial charge < -0.3 is 10.2 Å². The van der Waals surface area contributed by atoms with Gasteiger partial charge in [-0.2, -0.15) is 18.3 Å². The van der Waals surface area contributed by atoms with Crippen molar-refractivity contribution >= 4 is 5.91 Å². The summed E-state index contributed by atoms with van der Waals surface area (Å²) in [6, 6.07) is 5.80. The van der Waals surface area contributed by atoms with Crippen molar-refractivity contribution in [1.82, 2.24) is 20.0 Å². The van der Waals surface area contributed by atoms with E-state index in [4.69, 9.17) is 0 Å². The monoisotopic (exact) mass is 422 g/mol. The highest BCUT2D eigenvalue weighted by atomic mass is 19.4. The number of halogens is 3. The van der Waals surface area contributed by atoms with Gasteiger partial charge in [-0.25, -0.2) is 4.68 Å². The Kier molecular flexibility index (Phi) is 6.60. The SMILES string of the molecule is Cc1cc(=O)c(C(=O)NCC(C)CN2CCCC2)nn1-c1cccc(C(F)(F)F)c1. The quantitative estimate of drug-likeness (QED) is 0.777. The van der Waals surface area contributed by atoms with Crippen molar-refractivity contribution < 1.29 is 18.0 Å². The molecule has 0 spiro atoms. The number of hydrogen-bond donors (Lipinski definition) is 1. The van der Waals surface area contributed by atoms with Gasteiger partial charge in [0.25, 0.3) is 5.91 Å². The van der Waals surface area contributed by atoms with E-state index in [-0.39, 0.29) is 17.3 Å². The Labute approximate surface area is 172 Å². The summed E-state index contributed by atoms with van der Waals surface area (Å²) in [4.78, 5) is 27.2. The van der Waals surface area contributed by atoms with Crippen molar-refractivity contribution in [3.8, 4) is 5.69 Å². The Bertz CT molecular complexity index is 965. The topological polar surface area (TPSA) is 67.2 Å². The number of hydrogen-bond acceptors (Lipinski definition) is 4. The fourth-order valence-electron chi connectivity index (χ4n) is 3.60. The predicted octanol–water partition coefficient (Wildman–Crippen LogP) is 3.02. The lowest BCUT2D eigenvalue weighted by molar-refractivity contribution is -0.137. The summed E-state index contributed by atoms with van der Waals surface area (Å²) in [5.74, 6) is -0.433. The number of nitrogens with one attached hydrogen (secondary N) is 1. The standard InChI is InChI=1S/C21H25F3N4O2/c1-14(13-27-8-3-4-9-27)12-25-20(30)19-18(29)10-15(2)28(26-19)17-7-5-6-16(11-17)21(22,23)24/h5-7,10-11,14H,3-4,8-9,12-13H2,1-2H3,(H,25,30). The molecule has 1 saturated heterocycles. The molecule has 0 radical (unpaired) electrons. The molecule has 0 saturated carbocycles. The fraction of sp³-hybridized carbons (Fsp3) is 0.476. The van der Waals surface area contributed by atoms with Crippen molar-refractivity contribution in [3.05, 3.63) is 57.5 Å². The second kappa shape index (κ2) is 8.99. The number of alkyl halides is 3. The number of amides is 1. The molecule has 30 heavy (non-hydrogen) atoms. The predicted molar refractivity (Wildman–Crippen MR) is 107 cm³/mol. The van der Waals surface area contributed by atoms with Gasteiger partial charge in [-0.1, -0.05) is 13.0 Å². The highest BCUT2D eigenvalue weighted by molar-refractivity contribution is 5.92. The number of nitrogens with zero attached hydrogens (tertiary/aromatic N) is 3. The first-order valence-electron chi connectivity index (χ1n) is 9.94. The van der Waals surface area contributed by atoms with Gasteiger partial charge in [-0.15, -0.1) is 0 Å². The molecule has 1 aromatic carbocycles. The molecule has 2 aromatic rings. The third kappa shape index (κ3) is 5.27. The Balaban J connectivity index is 1.77. The molecule has 0 bridgehead atoms. The second-order valence-electron chi connectivity index (χ2n) is 7.78. The maximum Gasteiger partial charge on any atom is 0.416 e. The number of carbonyl (C=O) groups excluding carboxylic acids is 1. The van der Waals surface area contributed by atoms with Crippen LogP contribution in [0.2, 0.25) is 0 Å². The summed E-state index contributed by atoms with van der Waals surface area (Å²) in [5.41, 5.74) is -1.29. The van der Waals surface area contributed by atoms with E-state index in [1.807, 2.05) is 6.92 Å². The van der Waals surface area contributed by atoms with E-state index in [1.165, 1.54) is 35.7 Å². The second-order valence-corrected chi connectivity index (χ2v) is 7.78. The number of rotatable bonds is 6. The van der Waals surface area contributed by atoms with Gasteiger partial charge >= 0.3 is 6.18 Å². The molecule has 162 valence electrons. The molecule has 3 rings (SSSR count). The molecule has 6 nitrogen and oxygen atoms in total. The lowest BCUT2D eigenvalue weighted by atomic mass is 10.1. The summed E-state index contributed by atoms with van der Waals surface area (Å²) < 4.78 is 40.3. The van der Waals surface area contributed by atoms with Crippen LogP contribution in [-0.2, 0) is 6.18 Å². The molecular formula is C21H25F3N4O2. The van der Waals surface area contributed by atoms with E-state index in [9.17, 15) is 22.8 Å². The average molecular weight is 422 g/mol. The lowest BCUT2D eigenvalue weighted by Gasteiger charge is -2.20. The first kappa shape index (κ1) is 22.0. The van der Waals surface area contributed by atoms with E-state index in [2.05, 4.69) is 15.3 Å². The minimum atomic E-state index is -4.51. The van der Waals surface area contributed by atoms with Gasteiger partial charge in [-0.05, 0) is 57.0 Å². The van der Waals surface area contributed by atoms with Gasteiger partial charge in [0.15, 0.2) is 5.69 Å². The summed E-state index contributed by atoms with van der Waals surface area (Å²) in [7, 11) is 0. The van der Waals surface area contributed by atoms with Crippen LogP contribution in [0.1, 0.15) is 41.5 Å². The number of carbonyl (C=O) groups is 1.